The van der Waals surface area contributed by atoms with E-state index in [9.17, 15) is 13.2 Å². The number of halogens is 1. The monoisotopic (exact) mass is 401 g/mol. The number of nitrogens with zero attached hydrogens (tertiary/aromatic N) is 2. The van der Waals surface area contributed by atoms with Crippen LogP contribution in [0, 0.1) is 5.92 Å². The molecule has 0 spiro atoms. The van der Waals surface area contributed by atoms with Crippen molar-refractivity contribution in [3.8, 4) is 0 Å². The Morgan fingerprint density at radius 1 is 1.27 bits per heavy atom. The molecule has 1 N–H and O–H groups in total. The minimum Gasteiger partial charge on any atom is -0.325 e. The molecule has 0 aromatic heterocycles. The van der Waals surface area contributed by atoms with Crippen molar-refractivity contribution in [2.45, 2.75) is 38.5 Å². The molecule has 1 aliphatic heterocycles. The molecule has 0 aliphatic carbocycles. The van der Waals surface area contributed by atoms with E-state index >= 15 is 0 Å². The van der Waals surface area contributed by atoms with E-state index in [1.807, 2.05) is 0 Å². The average molecular weight is 402 g/mol. The van der Waals surface area contributed by atoms with Crippen molar-refractivity contribution >= 4 is 33.2 Å². The summed E-state index contributed by atoms with van der Waals surface area (Å²) in [6.45, 7) is 8.64. The number of piperidine rings is 1. The SMILES string of the molecule is CCN(CC)S(=O)(=O)c1cc(NC(=O)CN2CCC(C)CC2)ccc1Cl. The zero-order valence-corrected chi connectivity index (χ0v) is 17.2. The van der Waals surface area contributed by atoms with Crippen LogP contribution >= 0.6 is 11.6 Å². The van der Waals surface area contributed by atoms with Crippen molar-refractivity contribution in [2.24, 2.45) is 5.92 Å². The highest BCUT2D eigenvalue weighted by molar-refractivity contribution is 7.89. The molecular weight excluding hydrogens is 374 g/mol. The smallest absolute Gasteiger partial charge is 0.244 e. The second kappa shape index (κ2) is 9.17. The molecule has 6 nitrogen and oxygen atoms in total. The third-order valence-corrected chi connectivity index (χ3v) is 7.31. The van der Waals surface area contributed by atoms with Crippen LogP contribution in [0.2, 0.25) is 5.02 Å². The summed E-state index contributed by atoms with van der Waals surface area (Å²) in [5.74, 6) is 0.562. The van der Waals surface area contributed by atoms with Gasteiger partial charge in [0.2, 0.25) is 15.9 Å². The molecule has 0 atom stereocenters. The molecule has 2 rings (SSSR count). The number of anilines is 1. The highest BCUT2D eigenvalue weighted by Crippen LogP contribution is 2.27. The van der Waals surface area contributed by atoms with Crippen LogP contribution < -0.4 is 5.32 Å². The van der Waals surface area contributed by atoms with Crippen molar-refractivity contribution in [3.05, 3.63) is 23.2 Å². The molecule has 1 fully saturated rings. The van der Waals surface area contributed by atoms with Crippen LogP contribution in [0.25, 0.3) is 0 Å². The summed E-state index contributed by atoms with van der Waals surface area (Å²) in [6, 6.07) is 4.57. The Morgan fingerprint density at radius 2 is 1.88 bits per heavy atom. The van der Waals surface area contributed by atoms with Gasteiger partial charge in [-0.15, -0.1) is 0 Å². The average Bonchev–Trinajstić information content (AvgIpc) is 2.59. The minimum absolute atomic E-state index is 0.0208. The van der Waals surface area contributed by atoms with Gasteiger partial charge in [-0.05, 0) is 50.0 Å². The van der Waals surface area contributed by atoms with E-state index < -0.39 is 10.0 Å². The molecular formula is C18H28ClN3O3S. The van der Waals surface area contributed by atoms with Crippen LogP contribution in [0.4, 0.5) is 5.69 Å². The Bertz CT molecular complexity index is 727. The molecule has 1 amide bonds. The summed E-state index contributed by atoms with van der Waals surface area (Å²) in [7, 11) is -3.68. The summed E-state index contributed by atoms with van der Waals surface area (Å²) >= 11 is 6.12. The maximum atomic E-state index is 12.7. The fourth-order valence-corrected chi connectivity index (χ4v) is 5.06. The van der Waals surface area contributed by atoms with Crippen molar-refractivity contribution in [1.82, 2.24) is 9.21 Å². The van der Waals surface area contributed by atoms with Gasteiger partial charge in [-0.2, -0.15) is 4.31 Å². The van der Waals surface area contributed by atoms with Crippen LogP contribution in [0.1, 0.15) is 33.6 Å². The van der Waals surface area contributed by atoms with Crippen LogP contribution in [0.15, 0.2) is 23.1 Å². The first-order valence-electron chi connectivity index (χ1n) is 9.09. The number of sulfonamides is 1. The predicted molar refractivity (Wildman–Crippen MR) is 105 cm³/mol. The number of carbonyl (C=O) groups is 1. The zero-order chi connectivity index (χ0) is 19.3. The Hall–Kier alpha value is -1.15. The van der Waals surface area contributed by atoms with Gasteiger partial charge in [0.15, 0.2) is 0 Å². The highest BCUT2D eigenvalue weighted by atomic mass is 35.5. The molecule has 26 heavy (non-hydrogen) atoms. The van der Waals surface area contributed by atoms with E-state index in [4.69, 9.17) is 11.6 Å². The van der Waals surface area contributed by atoms with E-state index in [1.54, 1.807) is 19.9 Å². The Kier molecular flexibility index (Phi) is 7.46. The van der Waals surface area contributed by atoms with Crippen molar-refractivity contribution < 1.29 is 13.2 Å². The molecule has 0 radical (unpaired) electrons. The van der Waals surface area contributed by atoms with Gasteiger partial charge in [-0.25, -0.2) is 8.42 Å². The third-order valence-electron chi connectivity index (χ3n) is 4.78. The van der Waals surface area contributed by atoms with Gasteiger partial charge < -0.3 is 5.32 Å². The van der Waals surface area contributed by atoms with Gasteiger partial charge in [0.25, 0.3) is 0 Å². The van der Waals surface area contributed by atoms with Crippen molar-refractivity contribution in [3.63, 3.8) is 0 Å². The summed E-state index contributed by atoms with van der Waals surface area (Å²) in [5.41, 5.74) is 0.440. The molecule has 1 heterocycles. The van der Waals surface area contributed by atoms with E-state index in [2.05, 4.69) is 17.1 Å². The Labute approximate surface area is 161 Å². The predicted octanol–water partition coefficient (Wildman–Crippen LogP) is 3.04. The highest BCUT2D eigenvalue weighted by Gasteiger charge is 2.25. The van der Waals surface area contributed by atoms with E-state index in [-0.39, 0.29) is 15.8 Å². The van der Waals surface area contributed by atoms with Gasteiger partial charge in [-0.1, -0.05) is 32.4 Å². The molecule has 0 unspecified atom stereocenters. The minimum atomic E-state index is -3.68. The first kappa shape index (κ1) is 21.2. The zero-order valence-electron chi connectivity index (χ0n) is 15.7. The number of amides is 1. The fraction of sp³-hybridized carbons (Fsp3) is 0.611. The molecule has 1 aromatic rings. The maximum Gasteiger partial charge on any atom is 0.244 e. The second-order valence-electron chi connectivity index (χ2n) is 6.74. The molecule has 1 aromatic carbocycles. The second-order valence-corrected chi connectivity index (χ2v) is 9.05. The van der Waals surface area contributed by atoms with Gasteiger partial charge >= 0.3 is 0 Å². The first-order valence-corrected chi connectivity index (χ1v) is 10.9. The third kappa shape index (κ3) is 5.19. The topological polar surface area (TPSA) is 69.7 Å². The molecule has 0 saturated carbocycles. The summed E-state index contributed by atoms with van der Waals surface area (Å²) in [4.78, 5) is 14.5. The number of nitrogens with one attached hydrogen (secondary N) is 1. The molecule has 8 heteroatoms. The van der Waals surface area contributed by atoms with Crippen molar-refractivity contribution in [1.29, 1.82) is 0 Å². The van der Waals surface area contributed by atoms with Crippen molar-refractivity contribution in [2.75, 3.05) is 38.0 Å². The lowest BCUT2D eigenvalue weighted by molar-refractivity contribution is -0.117. The number of hydrogen-bond donors (Lipinski definition) is 1. The normalized spacial score (nSPS) is 16.8. The van der Waals surface area contributed by atoms with Crippen LogP contribution in [0.3, 0.4) is 0 Å². The van der Waals surface area contributed by atoms with Gasteiger partial charge in [0.1, 0.15) is 4.90 Å². The molecule has 0 bridgehead atoms. The van der Waals surface area contributed by atoms with Gasteiger partial charge in [-0.3, -0.25) is 9.69 Å². The first-order chi connectivity index (χ1) is 12.3. The summed E-state index contributed by atoms with van der Waals surface area (Å²) < 4.78 is 26.8. The number of likely N-dealkylation sites (tertiary alicyclic amines) is 1. The van der Waals surface area contributed by atoms with E-state index in [1.165, 1.54) is 16.4 Å². The van der Waals surface area contributed by atoms with E-state index in [0.29, 0.717) is 31.2 Å². The largest absolute Gasteiger partial charge is 0.325 e. The fourth-order valence-electron chi connectivity index (χ4n) is 3.11. The number of hydrogen-bond acceptors (Lipinski definition) is 4. The van der Waals surface area contributed by atoms with E-state index in [0.717, 1.165) is 25.9 Å². The number of rotatable bonds is 7. The molecule has 146 valence electrons. The molecule has 1 saturated heterocycles. The van der Waals surface area contributed by atoms with Crippen LogP contribution in [0.5, 0.6) is 0 Å². The number of carbonyl (C=O) groups excluding carboxylic acids is 1. The van der Waals surface area contributed by atoms with Gasteiger partial charge in [0.05, 0.1) is 11.6 Å². The van der Waals surface area contributed by atoms with Crippen LogP contribution in [-0.2, 0) is 14.8 Å². The lowest BCUT2D eigenvalue weighted by Gasteiger charge is -2.29. The summed E-state index contributed by atoms with van der Waals surface area (Å²) in [6.07, 6.45) is 2.20. The van der Waals surface area contributed by atoms with Gasteiger partial charge in [0, 0.05) is 18.8 Å². The standard InChI is InChI=1S/C18H28ClN3O3S/c1-4-22(5-2)26(24,25)17-12-15(6-7-16(17)19)20-18(23)13-21-10-8-14(3)9-11-21/h6-7,12,14H,4-5,8-11,13H2,1-3H3,(H,20,23). The lowest BCUT2D eigenvalue weighted by atomic mass is 9.99. The van der Waals surface area contributed by atoms with Crippen LogP contribution in [-0.4, -0.2) is 56.3 Å². The quantitative estimate of drug-likeness (QED) is 0.762. The Morgan fingerprint density at radius 3 is 2.46 bits per heavy atom. The lowest BCUT2D eigenvalue weighted by Crippen LogP contribution is -2.38. The molecule has 1 aliphatic rings. The maximum absolute atomic E-state index is 12.7. The number of benzene rings is 1. The summed E-state index contributed by atoms with van der Waals surface area (Å²) in [5, 5.41) is 2.95. The Balaban J connectivity index is 2.10.